The molecule has 2 aromatic carbocycles. The second kappa shape index (κ2) is 10.1. The SMILES string of the molecule is COC(=O)NC(Cc1ccccc1)C(=O)Nc1n[nH]c(-c2ccc(OC)cc2OC)n1. The number of ether oxygens (including phenoxy) is 3. The van der Waals surface area contributed by atoms with Crippen LogP contribution in [0.15, 0.2) is 48.5 Å². The van der Waals surface area contributed by atoms with Gasteiger partial charge in [-0.3, -0.25) is 15.2 Å². The van der Waals surface area contributed by atoms with Gasteiger partial charge in [0.25, 0.3) is 0 Å². The third-order valence-electron chi connectivity index (χ3n) is 4.46. The Morgan fingerprint density at radius 3 is 2.52 bits per heavy atom. The maximum atomic E-state index is 12.8. The summed E-state index contributed by atoms with van der Waals surface area (Å²) in [5, 5.41) is 12.0. The van der Waals surface area contributed by atoms with Crippen LogP contribution in [0, 0.1) is 0 Å². The number of carbonyl (C=O) groups is 2. The Kier molecular flexibility index (Phi) is 7.05. The largest absolute Gasteiger partial charge is 0.497 e. The van der Waals surface area contributed by atoms with E-state index in [4.69, 9.17) is 9.47 Å². The van der Waals surface area contributed by atoms with Crippen molar-refractivity contribution in [1.82, 2.24) is 20.5 Å². The van der Waals surface area contributed by atoms with Gasteiger partial charge in [-0.05, 0) is 17.7 Å². The van der Waals surface area contributed by atoms with Gasteiger partial charge in [0.2, 0.25) is 11.9 Å². The second-order valence-corrected chi connectivity index (χ2v) is 6.44. The minimum absolute atomic E-state index is 0.0580. The van der Waals surface area contributed by atoms with Crippen molar-refractivity contribution in [2.24, 2.45) is 0 Å². The van der Waals surface area contributed by atoms with Crippen LogP contribution < -0.4 is 20.1 Å². The van der Waals surface area contributed by atoms with Crippen molar-refractivity contribution in [3.63, 3.8) is 0 Å². The van der Waals surface area contributed by atoms with E-state index >= 15 is 0 Å². The van der Waals surface area contributed by atoms with Gasteiger partial charge in [-0.25, -0.2) is 4.79 Å². The molecule has 0 saturated carbocycles. The summed E-state index contributed by atoms with van der Waals surface area (Å²) in [6.07, 6.45) is -0.444. The van der Waals surface area contributed by atoms with E-state index in [1.165, 1.54) is 14.2 Å². The summed E-state index contributed by atoms with van der Waals surface area (Å²) in [4.78, 5) is 28.8. The normalized spacial score (nSPS) is 11.3. The van der Waals surface area contributed by atoms with Gasteiger partial charge in [0, 0.05) is 12.5 Å². The summed E-state index contributed by atoms with van der Waals surface area (Å²) in [6.45, 7) is 0. The number of aromatic amines is 1. The van der Waals surface area contributed by atoms with Crippen LogP contribution in [0.2, 0.25) is 0 Å². The number of aromatic nitrogens is 3. The van der Waals surface area contributed by atoms with Gasteiger partial charge < -0.3 is 19.5 Å². The molecule has 0 aliphatic heterocycles. The number of hydrogen-bond donors (Lipinski definition) is 3. The zero-order valence-electron chi connectivity index (χ0n) is 17.3. The highest BCUT2D eigenvalue weighted by molar-refractivity contribution is 5.95. The number of H-pyrrole nitrogens is 1. The standard InChI is InChI=1S/C21H23N5O5/c1-29-14-9-10-15(17(12-14)30-2)18-23-20(26-25-18)24-19(27)16(22-21(28)31-3)11-13-7-5-4-6-8-13/h4-10,12,16H,11H2,1-3H3,(H,22,28)(H2,23,24,25,26,27). The Morgan fingerprint density at radius 2 is 1.84 bits per heavy atom. The Hall–Kier alpha value is -4.08. The van der Waals surface area contributed by atoms with Crippen LogP contribution >= 0.6 is 0 Å². The topological polar surface area (TPSA) is 127 Å². The van der Waals surface area contributed by atoms with Crippen LogP contribution in [0.4, 0.5) is 10.7 Å². The zero-order valence-corrected chi connectivity index (χ0v) is 17.3. The molecule has 0 aliphatic rings. The Balaban J connectivity index is 1.77. The number of amides is 2. The molecule has 0 spiro atoms. The lowest BCUT2D eigenvalue weighted by Crippen LogP contribution is -2.45. The second-order valence-electron chi connectivity index (χ2n) is 6.44. The van der Waals surface area contributed by atoms with Crippen LogP contribution in [-0.4, -0.2) is 54.6 Å². The van der Waals surface area contributed by atoms with Crippen LogP contribution in [0.5, 0.6) is 11.5 Å². The monoisotopic (exact) mass is 425 g/mol. The first-order valence-corrected chi connectivity index (χ1v) is 9.38. The number of nitrogens with one attached hydrogen (secondary N) is 3. The minimum atomic E-state index is -0.882. The molecule has 3 aromatic rings. The summed E-state index contributed by atoms with van der Waals surface area (Å²) in [7, 11) is 4.32. The summed E-state index contributed by atoms with van der Waals surface area (Å²) < 4.78 is 15.2. The number of benzene rings is 2. The molecule has 10 heteroatoms. The third kappa shape index (κ3) is 5.50. The summed E-state index contributed by atoms with van der Waals surface area (Å²) >= 11 is 0. The zero-order chi connectivity index (χ0) is 22.2. The van der Waals surface area contributed by atoms with E-state index in [1.807, 2.05) is 30.3 Å². The lowest BCUT2D eigenvalue weighted by molar-refractivity contribution is -0.118. The smallest absolute Gasteiger partial charge is 0.407 e. The molecule has 3 N–H and O–H groups in total. The molecule has 1 unspecified atom stereocenters. The van der Waals surface area contributed by atoms with E-state index < -0.39 is 18.0 Å². The van der Waals surface area contributed by atoms with Crippen molar-refractivity contribution in [3.05, 3.63) is 54.1 Å². The fourth-order valence-corrected chi connectivity index (χ4v) is 2.89. The molecule has 0 bridgehead atoms. The summed E-state index contributed by atoms with van der Waals surface area (Å²) in [5.41, 5.74) is 1.52. The van der Waals surface area contributed by atoms with E-state index in [0.717, 1.165) is 5.56 Å². The van der Waals surface area contributed by atoms with Gasteiger partial charge in [-0.1, -0.05) is 30.3 Å². The minimum Gasteiger partial charge on any atom is -0.497 e. The number of anilines is 1. The lowest BCUT2D eigenvalue weighted by Gasteiger charge is -2.16. The fourth-order valence-electron chi connectivity index (χ4n) is 2.89. The molecule has 2 amide bonds. The van der Waals surface area contributed by atoms with Crippen LogP contribution in [0.25, 0.3) is 11.4 Å². The van der Waals surface area contributed by atoms with E-state index in [9.17, 15) is 9.59 Å². The van der Waals surface area contributed by atoms with Crippen molar-refractivity contribution in [3.8, 4) is 22.9 Å². The molecule has 3 rings (SSSR count). The number of nitrogens with zero attached hydrogens (tertiary/aromatic N) is 2. The quantitative estimate of drug-likeness (QED) is 0.506. The predicted octanol–water partition coefficient (Wildman–Crippen LogP) is 2.39. The summed E-state index contributed by atoms with van der Waals surface area (Å²) in [5.74, 6) is 1.13. The third-order valence-corrected chi connectivity index (χ3v) is 4.46. The van der Waals surface area contributed by atoms with E-state index in [0.29, 0.717) is 22.9 Å². The molecule has 0 saturated heterocycles. The first-order valence-electron chi connectivity index (χ1n) is 9.38. The van der Waals surface area contributed by atoms with E-state index in [2.05, 4.69) is 30.6 Å². The van der Waals surface area contributed by atoms with E-state index in [1.54, 1.807) is 25.3 Å². The highest BCUT2D eigenvalue weighted by Gasteiger charge is 2.23. The van der Waals surface area contributed by atoms with Crippen molar-refractivity contribution < 1.29 is 23.8 Å². The van der Waals surface area contributed by atoms with Crippen LogP contribution in [0.1, 0.15) is 5.56 Å². The molecule has 0 radical (unpaired) electrons. The maximum absolute atomic E-state index is 12.8. The molecule has 31 heavy (non-hydrogen) atoms. The first-order chi connectivity index (χ1) is 15.0. The van der Waals surface area contributed by atoms with Gasteiger partial charge in [0.1, 0.15) is 17.5 Å². The molecular weight excluding hydrogens is 402 g/mol. The van der Waals surface area contributed by atoms with Gasteiger partial charge in [-0.15, -0.1) is 5.10 Å². The van der Waals surface area contributed by atoms with Crippen molar-refractivity contribution in [1.29, 1.82) is 0 Å². The van der Waals surface area contributed by atoms with Crippen molar-refractivity contribution in [2.75, 3.05) is 26.6 Å². The molecule has 0 fully saturated rings. The van der Waals surface area contributed by atoms with E-state index in [-0.39, 0.29) is 12.4 Å². The molecule has 162 valence electrons. The summed E-state index contributed by atoms with van der Waals surface area (Å²) in [6, 6.07) is 13.7. The van der Waals surface area contributed by atoms with Crippen LogP contribution in [0.3, 0.4) is 0 Å². The number of carbonyl (C=O) groups excluding carboxylic acids is 2. The molecule has 0 aliphatic carbocycles. The Morgan fingerprint density at radius 1 is 1.06 bits per heavy atom. The van der Waals surface area contributed by atoms with Gasteiger partial charge in [0.05, 0.1) is 26.9 Å². The molecule has 1 atom stereocenters. The maximum Gasteiger partial charge on any atom is 0.407 e. The number of hydrogen-bond acceptors (Lipinski definition) is 7. The highest BCUT2D eigenvalue weighted by atomic mass is 16.5. The highest BCUT2D eigenvalue weighted by Crippen LogP contribution is 2.31. The first kappa shape index (κ1) is 21.6. The van der Waals surface area contributed by atoms with Crippen molar-refractivity contribution >= 4 is 17.9 Å². The van der Waals surface area contributed by atoms with Gasteiger partial charge in [-0.2, -0.15) is 4.98 Å². The number of alkyl carbamates (subject to hydrolysis) is 1. The van der Waals surface area contributed by atoms with Crippen molar-refractivity contribution in [2.45, 2.75) is 12.5 Å². The Bertz CT molecular complexity index is 1040. The fraction of sp³-hybridized carbons (Fsp3) is 0.238. The van der Waals surface area contributed by atoms with Gasteiger partial charge in [0.15, 0.2) is 5.82 Å². The molecule has 1 heterocycles. The average Bonchev–Trinajstić information content (AvgIpc) is 3.26. The average molecular weight is 425 g/mol. The molecule has 10 nitrogen and oxygen atoms in total. The molecular formula is C21H23N5O5. The van der Waals surface area contributed by atoms with Crippen LogP contribution in [-0.2, 0) is 16.0 Å². The Labute approximate surface area is 178 Å². The number of methoxy groups -OCH3 is 3. The predicted molar refractivity (Wildman–Crippen MR) is 113 cm³/mol. The lowest BCUT2D eigenvalue weighted by atomic mass is 10.1. The number of rotatable bonds is 8. The van der Waals surface area contributed by atoms with Gasteiger partial charge >= 0.3 is 6.09 Å². The molecule has 1 aromatic heterocycles.